The summed E-state index contributed by atoms with van der Waals surface area (Å²) < 4.78 is 0. The molecule has 0 aromatic carbocycles. The van der Waals surface area contributed by atoms with Crippen molar-refractivity contribution in [1.29, 1.82) is 0 Å². The van der Waals surface area contributed by atoms with Gasteiger partial charge in [0, 0.05) is 6.54 Å². The second-order valence-corrected chi connectivity index (χ2v) is 2.35. The van der Waals surface area contributed by atoms with Gasteiger partial charge in [0.1, 0.15) is 0 Å². The highest BCUT2D eigenvalue weighted by molar-refractivity contribution is 4.79. The number of allylic oxidation sites excluding steroid dienone is 1. The van der Waals surface area contributed by atoms with Gasteiger partial charge in [0.05, 0.1) is 0 Å². The first-order valence-electron chi connectivity index (χ1n) is 4.09. The third-order valence-electron chi connectivity index (χ3n) is 1.28. The summed E-state index contributed by atoms with van der Waals surface area (Å²) in [5.74, 6) is 0. The van der Waals surface area contributed by atoms with E-state index in [2.05, 4.69) is 25.2 Å². The summed E-state index contributed by atoms with van der Waals surface area (Å²) >= 11 is 0. The largest absolute Gasteiger partial charge is 0.391 e. The lowest BCUT2D eigenvalue weighted by Crippen LogP contribution is -2.05. The third kappa shape index (κ3) is 7.54. The Morgan fingerprint density at radius 2 is 2.30 bits per heavy atom. The van der Waals surface area contributed by atoms with Crippen molar-refractivity contribution < 1.29 is 0 Å². The minimum atomic E-state index is 0.992. The molecule has 0 aromatic heterocycles. The molecule has 0 aromatic rings. The zero-order valence-electron chi connectivity index (χ0n) is 6.90. The van der Waals surface area contributed by atoms with Crippen LogP contribution in [0.4, 0.5) is 0 Å². The average Bonchev–Trinajstić information content (AvgIpc) is 1.97. The molecule has 0 saturated heterocycles. The minimum Gasteiger partial charge on any atom is -0.391 e. The van der Waals surface area contributed by atoms with Crippen LogP contribution >= 0.6 is 0 Å². The number of rotatable bonds is 6. The van der Waals surface area contributed by atoms with Gasteiger partial charge >= 0.3 is 0 Å². The van der Waals surface area contributed by atoms with Gasteiger partial charge in [0.2, 0.25) is 0 Å². The lowest BCUT2D eigenvalue weighted by molar-refractivity contribution is 0.733. The molecule has 0 heterocycles. The van der Waals surface area contributed by atoms with Crippen molar-refractivity contribution in [1.82, 2.24) is 5.32 Å². The van der Waals surface area contributed by atoms with E-state index in [-0.39, 0.29) is 0 Å². The van der Waals surface area contributed by atoms with E-state index in [0.717, 1.165) is 19.4 Å². The van der Waals surface area contributed by atoms with Crippen LogP contribution < -0.4 is 5.32 Å². The van der Waals surface area contributed by atoms with Crippen molar-refractivity contribution in [3.05, 3.63) is 19.2 Å². The Bertz CT molecular complexity index is 76.8. The van der Waals surface area contributed by atoms with E-state index < -0.39 is 0 Å². The maximum absolute atomic E-state index is 3.74. The molecule has 59 valence electrons. The molecule has 1 N–H and O–H groups in total. The quantitative estimate of drug-likeness (QED) is 0.559. The molecule has 10 heavy (non-hydrogen) atoms. The van der Waals surface area contributed by atoms with Gasteiger partial charge in [0.15, 0.2) is 0 Å². The minimum absolute atomic E-state index is 0.992. The first-order chi connectivity index (χ1) is 4.91. The summed E-state index contributed by atoms with van der Waals surface area (Å²) in [4.78, 5) is 0. The smallest absolute Gasteiger partial charge is 0.0141 e. The van der Waals surface area contributed by atoms with Gasteiger partial charge in [-0.05, 0) is 25.5 Å². The summed E-state index contributed by atoms with van der Waals surface area (Å²) in [7, 11) is 0. The molecule has 1 radical (unpaired) electrons. The predicted molar refractivity (Wildman–Crippen MR) is 46.6 cm³/mol. The molecule has 0 rings (SSSR count). The third-order valence-corrected chi connectivity index (χ3v) is 1.28. The van der Waals surface area contributed by atoms with Crippen LogP contribution in [0.15, 0.2) is 12.3 Å². The highest BCUT2D eigenvalue weighted by atomic mass is 14.8. The van der Waals surface area contributed by atoms with Crippen molar-refractivity contribution in [2.45, 2.75) is 32.6 Å². The summed E-state index contributed by atoms with van der Waals surface area (Å²) in [6.07, 6.45) is 8.75. The van der Waals surface area contributed by atoms with Gasteiger partial charge in [-0.15, -0.1) is 0 Å². The van der Waals surface area contributed by atoms with E-state index in [0.29, 0.717) is 0 Å². The van der Waals surface area contributed by atoms with Crippen LogP contribution in [-0.2, 0) is 0 Å². The standard InChI is InChI=1S/C9H18N/c1-3-5-7-9-10-8-6-4-2/h7,9-10H,1,3-6,8H2,2H3. The van der Waals surface area contributed by atoms with Crippen LogP contribution in [0.2, 0.25) is 0 Å². The summed E-state index contributed by atoms with van der Waals surface area (Å²) in [5.41, 5.74) is 0. The maximum atomic E-state index is 3.74. The molecular formula is C9H18N. The van der Waals surface area contributed by atoms with Crippen LogP contribution in [0.1, 0.15) is 32.6 Å². The molecule has 0 aliphatic carbocycles. The lowest BCUT2D eigenvalue weighted by Gasteiger charge is -1.95. The maximum Gasteiger partial charge on any atom is 0.0141 e. The number of unbranched alkanes of at least 4 members (excludes halogenated alkanes) is 2. The average molecular weight is 140 g/mol. The monoisotopic (exact) mass is 140 g/mol. The molecule has 0 spiro atoms. The second-order valence-electron chi connectivity index (χ2n) is 2.35. The molecule has 0 unspecified atom stereocenters. The first-order valence-corrected chi connectivity index (χ1v) is 4.09. The Hall–Kier alpha value is -0.460. The van der Waals surface area contributed by atoms with Crippen LogP contribution in [-0.4, -0.2) is 6.54 Å². The van der Waals surface area contributed by atoms with Crippen molar-refractivity contribution in [2.75, 3.05) is 6.54 Å². The molecule has 0 aliphatic rings. The van der Waals surface area contributed by atoms with Crippen LogP contribution in [0.5, 0.6) is 0 Å². The SMILES string of the molecule is [CH2]CCC=CNCCCC. The number of nitrogens with one attached hydrogen (secondary N) is 1. The van der Waals surface area contributed by atoms with E-state index in [4.69, 9.17) is 0 Å². The highest BCUT2D eigenvalue weighted by Crippen LogP contribution is 1.86. The number of hydrogen-bond donors (Lipinski definition) is 1. The van der Waals surface area contributed by atoms with Gasteiger partial charge in [-0.2, -0.15) is 0 Å². The van der Waals surface area contributed by atoms with Gasteiger partial charge in [-0.3, -0.25) is 0 Å². The highest BCUT2D eigenvalue weighted by Gasteiger charge is 1.77. The molecule has 0 atom stereocenters. The first kappa shape index (κ1) is 9.54. The van der Waals surface area contributed by atoms with Crippen molar-refractivity contribution >= 4 is 0 Å². The summed E-state index contributed by atoms with van der Waals surface area (Å²) in [5, 5.41) is 3.21. The van der Waals surface area contributed by atoms with Crippen LogP contribution in [0, 0.1) is 6.92 Å². The Kier molecular flexibility index (Phi) is 8.15. The molecule has 1 heteroatoms. The van der Waals surface area contributed by atoms with E-state index in [1.165, 1.54) is 12.8 Å². The molecule has 0 aliphatic heterocycles. The Morgan fingerprint density at radius 3 is 2.90 bits per heavy atom. The normalized spacial score (nSPS) is 10.6. The summed E-state index contributed by atoms with van der Waals surface area (Å²) in [6.45, 7) is 7.04. The van der Waals surface area contributed by atoms with Crippen molar-refractivity contribution in [3.8, 4) is 0 Å². The van der Waals surface area contributed by atoms with Crippen molar-refractivity contribution in [2.24, 2.45) is 0 Å². The Morgan fingerprint density at radius 1 is 1.50 bits per heavy atom. The van der Waals surface area contributed by atoms with E-state index in [1.54, 1.807) is 0 Å². The molecule has 0 bridgehead atoms. The zero-order chi connectivity index (χ0) is 7.66. The Balaban J connectivity index is 2.88. The van der Waals surface area contributed by atoms with Crippen LogP contribution in [0.25, 0.3) is 0 Å². The van der Waals surface area contributed by atoms with Gasteiger partial charge in [-0.25, -0.2) is 0 Å². The fourth-order valence-corrected chi connectivity index (χ4v) is 0.647. The topological polar surface area (TPSA) is 12.0 Å². The number of hydrogen-bond acceptors (Lipinski definition) is 1. The molecule has 1 nitrogen and oxygen atoms in total. The fraction of sp³-hybridized carbons (Fsp3) is 0.667. The second kappa shape index (κ2) is 8.54. The summed E-state index contributed by atoms with van der Waals surface area (Å²) in [6, 6.07) is 0. The lowest BCUT2D eigenvalue weighted by atomic mass is 10.3. The fourth-order valence-electron chi connectivity index (χ4n) is 0.647. The van der Waals surface area contributed by atoms with Crippen molar-refractivity contribution in [3.63, 3.8) is 0 Å². The van der Waals surface area contributed by atoms with Crippen LogP contribution in [0.3, 0.4) is 0 Å². The zero-order valence-corrected chi connectivity index (χ0v) is 6.90. The van der Waals surface area contributed by atoms with E-state index in [9.17, 15) is 0 Å². The molecule has 0 amide bonds. The molecule has 0 saturated carbocycles. The van der Waals surface area contributed by atoms with Gasteiger partial charge < -0.3 is 5.32 Å². The van der Waals surface area contributed by atoms with E-state index >= 15 is 0 Å². The van der Waals surface area contributed by atoms with Gasteiger partial charge in [-0.1, -0.05) is 26.3 Å². The molecular weight excluding hydrogens is 122 g/mol. The molecule has 0 fully saturated rings. The Labute approximate surface area is 64.5 Å². The van der Waals surface area contributed by atoms with E-state index in [1.807, 2.05) is 6.20 Å². The van der Waals surface area contributed by atoms with Gasteiger partial charge in [0.25, 0.3) is 0 Å². The predicted octanol–water partition coefficient (Wildman–Crippen LogP) is 2.50.